The largest absolute Gasteiger partial charge is 0.355 e. The molecule has 162 valence electrons. The summed E-state index contributed by atoms with van der Waals surface area (Å²) in [5, 5.41) is 10.2. The topological polar surface area (TPSA) is 76.0 Å². The molecule has 1 aromatic heterocycles. The number of nitrogens with one attached hydrogen (secondary N) is 2. The van der Waals surface area contributed by atoms with E-state index < -0.39 is 0 Å². The van der Waals surface area contributed by atoms with Crippen molar-refractivity contribution in [3.63, 3.8) is 0 Å². The Labute approximate surface area is 188 Å². The highest BCUT2D eigenvalue weighted by Crippen LogP contribution is 2.27. The van der Waals surface area contributed by atoms with E-state index in [9.17, 15) is 9.59 Å². The second-order valence-corrected chi connectivity index (χ2v) is 8.94. The standard InChI is InChI=1S/C26H26N4O2/c1-26(2,3)13-12-18-8-7-9-19(14-18)22-16-23(28-25(32)20-15-24(31)27-17-20)29-30(22)21-10-5-4-6-11-21/h4-11,14,16,20H,15,17H2,1-3H3,(H,27,31)(H,28,29,32)/t20-/m0/s1. The maximum Gasteiger partial charge on any atom is 0.230 e. The Balaban J connectivity index is 1.70. The van der Waals surface area contributed by atoms with Gasteiger partial charge in [-0.05, 0) is 45.0 Å². The van der Waals surface area contributed by atoms with Crippen LogP contribution in [-0.2, 0) is 9.59 Å². The third-order valence-electron chi connectivity index (χ3n) is 5.05. The number of amides is 2. The van der Waals surface area contributed by atoms with E-state index in [1.807, 2.05) is 65.3 Å². The molecule has 2 heterocycles. The van der Waals surface area contributed by atoms with Gasteiger partial charge in [-0.25, -0.2) is 4.68 Å². The van der Waals surface area contributed by atoms with Crippen LogP contribution in [-0.4, -0.2) is 28.1 Å². The quantitative estimate of drug-likeness (QED) is 0.619. The predicted octanol–water partition coefficient (Wildman–Crippen LogP) is 4.01. The van der Waals surface area contributed by atoms with Gasteiger partial charge in [0.1, 0.15) is 0 Å². The minimum atomic E-state index is -0.385. The van der Waals surface area contributed by atoms with Gasteiger partial charge in [-0.2, -0.15) is 0 Å². The van der Waals surface area contributed by atoms with Gasteiger partial charge in [0.05, 0.1) is 17.3 Å². The molecule has 0 spiro atoms. The molecule has 0 saturated carbocycles. The molecule has 1 aliphatic rings. The van der Waals surface area contributed by atoms with E-state index in [0.717, 1.165) is 22.5 Å². The van der Waals surface area contributed by atoms with Crippen molar-refractivity contribution < 1.29 is 9.59 Å². The summed E-state index contributed by atoms with van der Waals surface area (Å²) in [5.41, 5.74) is 3.49. The SMILES string of the molecule is CC(C)(C)C#Cc1cccc(-c2cc(NC(=O)[C@@H]3CNC(=O)C3)nn2-c2ccccc2)c1. The van der Waals surface area contributed by atoms with E-state index in [0.29, 0.717) is 12.4 Å². The lowest BCUT2D eigenvalue weighted by molar-refractivity contribution is -0.123. The molecule has 0 aliphatic carbocycles. The Morgan fingerprint density at radius 2 is 1.91 bits per heavy atom. The van der Waals surface area contributed by atoms with Gasteiger partial charge in [0, 0.05) is 35.6 Å². The zero-order chi connectivity index (χ0) is 22.7. The first-order valence-corrected chi connectivity index (χ1v) is 10.7. The second kappa shape index (κ2) is 8.72. The first-order chi connectivity index (χ1) is 15.3. The molecule has 3 aromatic rings. The zero-order valence-corrected chi connectivity index (χ0v) is 18.5. The molecule has 0 unspecified atom stereocenters. The van der Waals surface area contributed by atoms with Gasteiger partial charge in [0.25, 0.3) is 0 Å². The summed E-state index contributed by atoms with van der Waals surface area (Å²) in [5.74, 6) is 6.26. The Kier molecular flexibility index (Phi) is 5.83. The van der Waals surface area contributed by atoms with Crippen LogP contribution in [0.25, 0.3) is 16.9 Å². The number of aromatic nitrogens is 2. The van der Waals surface area contributed by atoms with Crippen molar-refractivity contribution in [1.29, 1.82) is 0 Å². The number of carbonyl (C=O) groups excluding carboxylic acids is 2. The Hall–Kier alpha value is -3.85. The van der Waals surface area contributed by atoms with Crippen molar-refractivity contribution in [2.45, 2.75) is 27.2 Å². The maximum absolute atomic E-state index is 12.6. The average molecular weight is 427 g/mol. The highest BCUT2D eigenvalue weighted by atomic mass is 16.2. The number of benzene rings is 2. The second-order valence-electron chi connectivity index (χ2n) is 8.94. The van der Waals surface area contributed by atoms with E-state index in [1.165, 1.54) is 0 Å². The highest BCUT2D eigenvalue weighted by molar-refractivity contribution is 5.97. The Morgan fingerprint density at radius 3 is 2.59 bits per heavy atom. The molecular weight excluding hydrogens is 400 g/mol. The Morgan fingerprint density at radius 1 is 1.12 bits per heavy atom. The molecule has 6 nitrogen and oxygen atoms in total. The van der Waals surface area contributed by atoms with Crippen LogP contribution in [0.1, 0.15) is 32.8 Å². The average Bonchev–Trinajstić information content (AvgIpc) is 3.39. The summed E-state index contributed by atoms with van der Waals surface area (Å²) in [7, 11) is 0. The first kappa shape index (κ1) is 21.4. The lowest BCUT2D eigenvalue weighted by Crippen LogP contribution is -2.24. The molecule has 1 aliphatic heterocycles. The van der Waals surface area contributed by atoms with E-state index in [1.54, 1.807) is 0 Å². The van der Waals surface area contributed by atoms with Crippen molar-refractivity contribution in [2.75, 3.05) is 11.9 Å². The molecule has 4 rings (SSSR count). The molecule has 1 fully saturated rings. The maximum atomic E-state index is 12.6. The molecule has 32 heavy (non-hydrogen) atoms. The number of nitrogens with zero attached hydrogens (tertiary/aromatic N) is 2. The molecule has 1 atom stereocenters. The lowest BCUT2D eigenvalue weighted by Gasteiger charge is -2.09. The summed E-state index contributed by atoms with van der Waals surface area (Å²) in [6, 6.07) is 19.6. The highest BCUT2D eigenvalue weighted by Gasteiger charge is 2.28. The lowest BCUT2D eigenvalue weighted by atomic mass is 9.97. The third kappa shape index (κ3) is 5.06. The number of anilines is 1. The van der Waals surface area contributed by atoms with Crippen LogP contribution in [0.5, 0.6) is 0 Å². The van der Waals surface area contributed by atoms with Crippen molar-refractivity contribution in [3.8, 4) is 28.8 Å². The van der Waals surface area contributed by atoms with Gasteiger partial charge in [0.2, 0.25) is 11.8 Å². The van der Waals surface area contributed by atoms with Crippen molar-refractivity contribution in [1.82, 2.24) is 15.1 Å². The number of rotatable bonds is 4. The normalized spacial score (nSPS) is 15.6. The molecule has 0 bridgehead atoms. The molecule has 2 amide bonds. The number of para-hydroxylation sites is 1. The minimum absolute atomic E-state index is 0.0876. The van der Waals surface area contributed by atoms with Gasteiger partial charge in [-0.1, -0.05) is 42.2 Å². The smallest absolute Gasteiger partial charge is 0.230 e. The van der Waals surface area contributed by atoms with Crippen LogP contribution in [0.15, 0.2) is 60.7 Å². The van der Waals surface area contributed by atoms with Crippen LogP contribution >= 0.6 is 0 Å². The van der Waals surface area contributed by atoms with Crippen LogP contribution < -0.4 is 10.6 Å². The molecule has 2 N–H and O–H groups in total. The fourth-order valence-electron chi connectivity index (χ4n) is 3.45. The number of carbonyl (C=O) groups is 2. The fraction of sp³-hybridized carbons (Fsp3) is 0.269. The fourth-order valence-corrected chi connectivity index (χ4v) is 3.45. The van der Waals surface area contributed by atoms with Crippen LogP contribution in [0.3, 0.4) is 0 Å². The molecule has 0 radical (unpaired) electrons. The van der Waals surface area contributed by atoms with Crippen molar-refractivity contribution in [2.24, 2.45) is 11.3 Å². The summed E-state index contributed by atoms with van der Waals surface area (Å²) in [6.45, 7) is 6.59. The van der Waals surface area contributed by atoms with E-state index in [2.05, 4.69) is 48.3 Å². The van der Waals surface area contributed by atoms with Crippen LogP contribution in [0.2, 0.25) is 0 Å². The summed E-state index contributed by atoms with van der Waals surface area (Å²) < 4.78 is 1.81. The molecular formula is C26H26N4O2. The van der Waals surface area contributed by atoms with Gasteiger partial charge >= 0.3 is 0 Å². The zero-order valence-electron chi connectivity index (χ0n) is 18.5. The van der Waals surface area contributed by atoms with Gasteiger partial charge in [-0.15, -0.1) is 5.10 Å². The van der Waals surface area contributed by atoms with Gasteiger partial charge in [-0.3, -0.25) is 9.59 Å². The van der Waals surface area contributed by atoms with E-state index >= 15 is 0 Å². The first-order valence-electron chi connectivity index (χ1n) is 10.7. The van der Waals surface area contributed by atoms with Gasteiger partial charge < -0.3 is 10.6 Å². The molecule has 6 heteroatoms. The minimum Gasteiger partial charge on any atom is -0.355 e. The van der Waals surface area contributed by atoms with Gasteiger partial charge in [0.15, 0.2) is 5.82 Å². The number of hydrogen-bond acceptors (Lipinski definition) is 3. The van der Waals surface area contributed by atoms with Crippen molar-refractivity contribution in [3.05, 3.63) is 66.2 Å². The van der Waals surface area contributed by atoms with Crippen LogP contribution in [0.4, 0.5) is 5.82 Å². The van der Waals surface area contributed by atoms with Crippen molar-refractivity contribution >= 4 is 17.6 Å². The summed E-state index contributed by atoms with van der Waals surface area (Å²) in [4.78, 5) is 24.1. The summed E-state index contributed by atoms with van der Waals surface area (Å²) in [6.07, 6.45) is 0.201. The third-order valence-corrected chi connectivity index (χ3v) is 5.05. The molecule has 1 saturated heterocycles. The monoisotopic (exact) mass is 426 g/mol. The molecule has 2 aromatic carbocycles. The summed E-state index contributed by atoms with van der Waals surface area (Å²) >= 11 is 0. The van der Waals surface area contributed by atoms with E-state index in [4.69, 9.17) is 0 Å². The predicted molar refractivity (Wildman–Crippen MR) is 125 cm³/mol. The number of hydrogen-bond donors (Lipinski definition) is 2. The Bertz CT molecular complexity index is 1210. The van der Waals surface area contributed by atoms with E-state index in [-0.39, 0.29) is 29.6 Å². The van der Waals surface area contributed by atoms with Crippen LogP contribution in [0, 0.1) is 23.2 Å².